The molecule has 0 saturated heterocycles. The number of hydrogen-bond acceptors (Lipinski definition) is 2. The van der Waals surface area contributed by atoms with Crippen LogP contribution in [0.3, 0.4) is 0 Å². The van der Waals surface area contributed by atoms with Crippen molar-refractivity contribution < 1.29 is 0 Å². The van der Waals surface area contributed by atoms with Crippen molar-refractivity contribution in [1.82, 2.24) is 10.2 Å². The second kappa shape index (κ2) is 8.86. The first kappa shape index (κ1) is 27.0. The maximum Gasteiger partial charge on any atom is 0.181 e. The molecule has 0 amide bonds. The average Bonchev–Trinajstić information content (AvgIpc) is 2.62. The fourth-order valence-corrected chi connectivity index (χ4v) is 19.1. The molecule has 0 saturated carbocycles. The maximum atomic E-state index is 4.23. The summed E-state index contributed by atoms with van der Waals surface area (Å²) < 4.78 is 0. The first-order chi connectivity index (χ1) is 14.4. The summed E-state index contributed by atoms with van der Waals surface area (Å²) in [5, 5.41) is 11.8. The Labute approximate surface area is 200 Å². The highest BCUT2D eigenvalue weighted by molar-refractivity contribution is 6.98. The molecule has 0 fully saturated rings. The van der Waals surface area contributed by atoms with Gasteiger partial charge in [-0.1, -0.05) is 144 Å². The van der Waals surface area contributed by atoms with Crippen LogP contribution in [0.15, 0.2) is 60.7 Å². The predicted octanol–water partition coefficient (Wildman–Crippen LogP) is 6.99. The normalized spacial score (nSPS) is 14.5. The zero-order valence-corrected chi connectivity index (χ0v) is 24.8. The zero-order valence-electron chi connectivity index (χ0n) is 22.8. The lowest BCUT2D eigenvalue weighted by Crippen LogP contribution is -2.82. The zero-order chi connectivity index (χ0) is 24.6. The van der Waals surface area contributed by atoms with Gasteiger partial charge in [0.15, 0.2) is 16.5 Å². The number of rotatable bonds is 5. The van der Waals surface area contributed by atoms with E-state index in [1.165, 1.54) is 10.4 Å². The average molecular weight is 469 g/mol. The van der Waals surface area contributed by atoms with E-state index in [0.717, 1.165) is 0 Å². The van der Waals surface area contributed by atoms with E-state index in [9.17, 15) is 0 Å². The first-order valence-electron chi connectivity index (χ1n) is 12.1. The van der Waals surface area contributed by atoms with Gasteiger partial charge in [0.1, 0.15) is 0 Å². The van der Waals surface area contributed by atoms with E-state index < -0.39 is 16.5 Å². The summed E-state index contributed by atoms with van der Waals surface area (Å²) in [6, 6.07) is 22.4. The molecular weight excluding hydrogens is 420 g/mol. The molecule has 0 heterocycles. The molecule has 0 bridgehead atoms. The summed E-state index contributed by atoms with van der Waals surface area (Å²) in [6.45, 7) is 29.1. The third kappa shape index (κ3) is 4.57. The minimum absolute atomic E-state index is 0.103. The van der Waals surface area contributed by atoms with Crippen molar-refractivity contribution in [3.8, 4) is 0 Å². The summed E-state index contributed by atoms with van der Waals surface area (Å²) in [6.07, 6.45) is 0. The van der Waals surface area contributed by atoms with E-state index in [4.69, 9.17) is 0 Å². The lowest BCUT2D eigenvalue weighted by atomic mass is 10.2. The summed E-state index contributed by atoms with van der Waals surface area (Å²) >= 11 is 0. The van der Waals surface area contributed by atoms with Gasteiger partial charge >= 0.3 is 0 Å². The van der Waals surface area contributed by atoms with Crippen LogP contribution in [-0.2, 0) is 0 Å². The van der Waals surface area contributed by atoms with Gasteiger partial charge in [-0.2, -0.15) is 0 Å². The molecule has 32 heavy (non-hydrogen) atoms. The van der Waals surface area contributed by atoms with Crippen molar-refractivity contribution in [2.75, 3.05) is 0 Å². The van der Waals surface area contributed by atoms with E-state index in [0.29, 0.717) is 0 Å². The van der Waals surface area contributed by atoms with E-state index in [-0.39, 0.29) is 20.2 Å². The summed E-state index contributed by atoms with van der Waals surface area (Å²) in [7, 11) is -4.60. The van der Waals surface area contributed by atoms with E-state index in [1.807, 2.05) is 0 Å². The van der Waals surface area contributed by atoms with E-state index in [1.54, 1.807) is 0 Å². The fraction of sp³-hybridized carbons (Fsp3) is 0.571. The summed E-state index contributed by atoms with van der Waals surface area (Å²) in [4.78, 5) is 0. The molecule has 0 aliphatic heterocycles. The van der Waals surface area contributed by atoms with Crippen molar-refractivity contribution in [2.24, 2.45) is 0 Å². The lowest BCUT2D eigenvalue weighted by Gasteiger charge is -2.58. The van der Waals surface area contributed by atoms with Gasteiger partial charge in [0.25, 0.3) is 0 Å². The number of nitrogens with one attached hydrogen (secondary N) is 2. The molecule has 0 atom stereocenters. The molecule has 2 N–H and O–H groups in total. The van der Waals surface area contributed by atoms with Crippen LogP contribution in [0.1, 0.15) is 83.1 Å². The topological polar surface area (TPSA) is 24.1 Å². The second-order valence-corrected chi connectivity index (χ2v) is 24.1. The molecule has 0 radical (unpaired) electrons. The second-order valence-electron chi connectivity index (χ2n) is 13.5. The summed E-state index contributed by atoms with van der Waals surface area (Å²) in [5.41, 5.74) is 0. The molecule has 4 heteroatoms. The van der Waals surface area contributed by atoms with Crippen molar-refractivity contribution in [2.45, 2.75) is 103 Å². The molecule has 2 aromatic rings. The van der Waals surface area contributed by atoms with Crippen LogP contribution in [0.4, 0.5) is 0 Å². The van der Waals surface area contributed by atoms with Crippen molar-refractivity contribution in [3.05, 3.63) is 60.7 Å². The van der Waals surface area contributed by atoms with E-state index in [2.05, 4.69) is 154 Å². The molecule has 0 aliphatic rings. The molecule has 0 aliphatic carbocycles. The van der Waals surface area contributed by atoms with Gasteiger partial charge in [0, 0.05) is 0 Å². The minimum Gasteiger partial charge on any atom is -0.278 e. The van der Waals surface area contributed by atoms with Gasteiger partial charge in [-0.3, -0.25) is 10.2 Å². The monoisotopic (exact) mass is 468 g/mol. The van der Waals surface area contributed by atoms with Crippen LogP contribution < -0.4 is 20.6 Å². The van der Waals surface area contributed by atoms with Crippen LogP contribution in [-0.4, -0.2) is 16.5 Å². The van der Waals surface area contributed by atoms with Gasteiger partial charge in [-0.05, 0) is 30.5 Å². The van der Waals surface area contributed by atoms with Gasteiger partial charge in [-0.25, -0.2) is 0 Å². The minimum atomic E-state index is -2.30. The predicted molar refractivity (Wildman–Crippen MR) is 149 cm³/mol. The largest absolute Gasteiger partial charge is 0.278 e. The van der Waals surface area contributed by atoms with Crippen molar-refractivity contribution in [3.63, 3.8) is 0 Å². The molecule has 2 nitrogen and oxygen atoms in total. The van der Waals surface area contributed by atoms with Crippen LogP contribution in [0.25, 0.3) is 0 Å². The maximum absolute atomic E-state index is 4.23. The molecule has 0 aromatic heterocycles. The smallest absolute Gasteiger partial charge is 0.181 e. The molecule has 2 rings (SSSR count). The van der Waals surface area contributed by atoms with Gasteiger partial charge in [0.2, 0.25) is 0 Å². The van der Waals surface area contributed by atoms with E-state index >= 15 is 0 Å². The highest BCUT2D eigenvalue weighted by atomic mass is 28.3. The molecule has 2 aromatic carbocycles. The Morgan fingerprint density at radius 2 is 0.625 bits per heavy atom. The third-order valence-electron chi connectivity index (χ3n) is 7.35. The molecule has 178 valence electrons. The summed E-state index contributed by atoms with van der Waals surface area (Å²) in [5.74, 6) is 0. The van der Waals surface area contributed by atoms with Crippen molar-refractivity contribution >= 4 is 26.8 Å². The van der Waals surface area contributed by atoms with Crippen molar-refractivity contribution in [1.29, 1.82) is 0 Å². The quantitative estimate of drug-likeness (QED) is 0.365. The Hall–Kier alpha value is -1.21. The van der Waals surface area contributed by atoms with Crippen LogP contribution in [0, 0.1) is 0 Å². The standard InChI is InChI=1S/C28H48N2Si2/c1-25(2,3)31(26(4,5)6,23-19-15-13-16-20-23)29-30-32(27(7,8)9,28(10,11)12)24-21-17-14-18-22-24/h13-22,29-30H,1-12H3. The van der Waals surface area contributed by atoms with Crippen LogP contribution >= 0.6 is 0 Å². The molecular formula is C28H48N2Si2. The van der Waals surface area contributed by atoms with Crippen LogP contribution in [0.2, 0.25) is 20.2 Å². The lowest BCUT2D eigenvalue weighted by molar-refractivity contribution is 0.549. The Kier molecular flexibility index (Phi) is 7.49. The number of benzene rings is 2. The third-order valence-corrected chi connectivity index (χ3v) is 20.0. The number of hydrazine groups is 1. The number of hydrogen-bond donors (Lipinski definition) is 2. The fourth-order valence-electron chi connectivity index (χ4n) is 6.44. The molecule has 0 unspecified atom stereocenters. The SMILES string of the molecule is CC(C)(C)[Si](NN[Si](c1ccccc1)(C(C)(C)C)C(C)(C)C)(c1ccccc1)C(C)(C)C. The van der Waals surface area contributed by atoms with Gasteiger partial charge in [-0.15, -0.1) is 0 Å². The Morgan fingerprint density at radius 1 is 0.406 bits per heavy atom. The Bertz CT molecular complexity index is 761. The van der Waals surface area contributed by atoms with Gasteiger partial charge < -0.3 is 0 Å². The molecule has 0 spiro atoms. The highest BCUT2D eigenvalue weighted by Gasteiger charge is 2.59. The Balaban J connectivity index is 2.80. The Morgan fingerprint density at radius 3 is 0.812 bits per heavy atom. The highest BCUT2D eigenvalue weighted by Crippen LogP contribution is 2.51. The van der Waals surface area contributed by atoms with Crippen LogP contribution in [0.5, 0.6) is 0 Å². The van der Waals surface area contributed by atoms with Gasteiger partial charge in [0.05, 0.1) is 0 Å². The first-order valence-corrected chi connectivity index (χ1v) is 16.1.